The summed E-state index contributed by atoms with van der Waals surface area (Å²) in [5, 5.41) is 11.2. The third-order valence-corrected chi connectivity index (χ3v) is 5.79. The number of fused-ring (bicyclic) bond motifs is 2. The van der Waals surface area contributed by atoms with E-state index in [2.05, 4.69) is 4.74 Å². The van der Waals surface area contributed by atoms with E-state index in [9.17, 15) is 23.1 Å². The summed E-state index contributed by atoms with van der Waals surface area (Å²) < 4.78 is 47.1. The topological polar surface area (TPSA) is 59.0 Å². The highest BCUT2D eigenvalue weighted by Crippen LogP contribution is 2.46. The van der Waals surface area contributed by atoms with Crippen molar-refractivity contribution in [2.24, 2.45) is 0 Å². The number of amides is 1. The molecule has 2 bridgehead atoms. The zero-order valence-corrected chi connectivity index (χ0v) is 16.1. The number of alkyl halides is 3. The maximum atomic E-state index is 12.7. The molecule has 2 heterocycles. The van der Waals surface area contributed by atoms with Crippen LogP contribution in [0.3, 0.4) is 0 Å². The quantitative estimate of drug-likeness (QED) is 0.775. The molecule has 2 atom stereocenters. The van der Waals surface area contributed by atoms with Crippen LogP contribution in [0.15, 0.2) is 54.6 Å². The van der Waals surface area contributed by atoms with Crippen molar-refractivity contribution in [3.05, 3.63) is 65.7 Å². The smallest absolute Gasteiger partial charge is 0.445 e. The lowest BCUT2D eigenvalue weighted by atomic mass is 9.80. The molecule has 2 aromatic carbocycles. The van der Waals surface area contributed by atoms with Crippen molar-refractivity contribution in [3.8, 4) is 5.75 Å². The zero-order valence-electron chi connectivity index (χ0n) is 16.1. The second-order valence-corrected chi connectivity index (χ2v) is 7.85. The number of piperidine rings is 1. The van der Waals surface area contributed by atoms with Gasteiger partial charge in [0.05, 0.1) is 5.60 Å². The van der Waals surface area contributed by atoms with Crippen molar-refractivity contribution in [1.29, 1.82) is 0 Å². The fourth-order valence-corrected chi connectivity index (χ4v) is 4.54. The summed E-state index contributed by atoms with van der Waals surface area (Å²) in [6.07, 6.45) is -3.33. The predicted molar refractivity (Wildman–Crippen MR) is 102 cm³/mol. The Morgan fingerprint density at radius 1 is 1.07 bits per heavy atom. The number of aliphatic hydroxyl groups is 1. The van der Waals surface area contributed by atoms with Crippen LogP contribution in [0.25, 0.3) is 0 Å². The number of carbonyl (C=O) groups excluding carboxylic acids is 1. The molecule has 2 saturated heterocycles. The molecule has 2 aliphatic heterocycles. The predicted octanol–water partition coefficient (Wildman–Crippen LogP) is 4.74. The van der Waals surface area contributed by atoms with Crippen molar-refractivity contribution in [1.82, 2.24) is 4.90 Å². The fourth-order valence-electron chi connectivity index (χ4n) is 4.54. The molecule has 0 aromatic heterocycles. The highest BCUT2D eigenvalue weighted by molar-refractivity contribution is 5.69. The second kappa shape index (κ2) is 7.83. The van der Waals surface area contributed by atoms with Crippen molar-refractivity contribution in [3.63, 3.8) is 0 Å². The molecule has 2 unspecified atom stereocenters. The van der Waals surface area contributed by atoms with Gasteiger partial charge in [-0.2, -0.15) is 0 Å². The van der Waals surface area contributed by atoms with Gasteiger partial charge in [-0.3, -0.25) is 0 Å². The van der Waals surface area contributed by atoms with E-state index in [4.69, 9.17) is 4.74 Å². The third kappa shape index (κ3) is 4.38. The van der Waals surface area contributed by atoms with E-state index in [1.54, 1.807) is 11.0 Å². The Kier molecular flexibility index (Phi) is 5.36. The van der Waals surface area contributed by atoms with E-state index >= 15 is 0 Å². The molecule has 0 saturated carbocycles. The molecular weight excluding hydrogens is 399 g/mol. The Morgan fingerprint density at radius 2 is 1.73 bits per heavy atom. The van der Waals surface area contributed by atoms with Crippen LogP contribution in [0.1, 0.15) is 36.8 Å². The molecular formula is C22H22F3NO4. The molecule has 0 radical (unpaired) electrons. The lowest BCUT2D eigenvalue weighted by Crippen LogP contribution is -2.52. The Morgan fingerprint density at radius 3 is 2.37 bits per heavy atom. The van der Waals surface area contributed by atoms with Crippen LogP contribution in [0.4, 0.5) is 18.0 Å². The Bertz CT molecular complexity index is 889. The van der Waals surface area contributed by atoms with Gasteiger partial charge in [0.15, 0.2) is 0 Å². The van der Waals surface area contributed by atoms with Gasteiger partial charge in [-0.15, -0.1) is 13.2 Å². The number of halogens is 3. The molecule has 5 nitrogen and oxygen atoms in total. The van der Waals surface area contributed by atoms with Gasteiger partial charge in [-0.05, 0) is 36.1 Å². The summed E-state index contributed by atoms with van der Waals surface area (Å²) in [6.45, 7) is 0.163. The summed E-state index contributed by atoms with van der Waals surface area (Å²) in [4.78, 5) is 14.3. The highest BCUT2D eigenvalue weighted by Gasteiger charge is 2.50. The molecule has 2 aliphatic rings. The van der Waals surface area contributed by atoms with E-state index in [0.717, 1.165) is 5.56 Å². The van der Waals surface area contributed by atoms with Gasteiger partial charge in [0, 0.05) is 24.9 Å². The van der Waals surface area contributed by atoms with E-state index in [-0.39, 0.29) is 37.3 Å². The van der Waals surface area contributed by atoms with Gasteiger partial charge in [0.2, 0.25) is 0 Å². The largest absolute Gasteiger partial charge is 0.573 e. The molecule has 30 heavy (non-hydrogen) atoms. The number of carbonyl (C=O) groups is 1. The van der Waals surface area contributed by atoms with Gasteiger partial charge in [0.25, 0.3) is 0 Å². The monoisotopic (exact) mass is 421 g/mol. The number of ether oxygens (including phenoxy) is 2. The van der Waals surface area contributed by atoms with Gasteiger partial charge in [-0.1, -0.05) is 42.5 Å². The number of nitrogens with zero attached hydrogens (tertiary/aromatic N) is 1. The number of benzene rings is 2. The third-order valence-electron chi connectivity index (χ3n) is 5.79. The maximum Gasteiger partial charge on any atom is 0.573 e. The number of rotatable bonds is 4. The van der Waals surface area contributed by atoms with Crippen LogP contribution in [0.2, 0.25) is 0 Å². The second-order valence-electron chi connectivity index (χ2n) is 7.85. The number of hydrogen-bond acceptors (Lipinski definition) is 4. The molecule has 0 spiro atoms. The van der Waals surface area contributed by atoms with Crippen LogP contribution in [-0.2, 0) is 16.9 Å². The molecule has 4 rings (SSSR count). The van der Waals surface area contributed by atoms with Crippen LogP contribution in [0, 0.1) is 0 Å². The molecule has 8 heteroatoms. The SMILES string of the molecule is O=C(OCc1ccccc1)N1C2CCC1CC(O)(c1cccc(OC(F)(F)F)c1)C2. The fraction of sp³-hybridized carbons (Fsp3) is 0.409. The van der Waals surface area contributed by atoms with Crippen molar-refractivity contribution in [2.75, 3.05) is 0 Å². The van der Waals surface area contributed by atoms with Crippen LogP contribution in [-0.4, -0.2) is 34.5 Å². The standard InChI is InChI=1S/C22H22F3NO4/c23-22(24,25)30-19-8-4-7-16(11-19)21(28)12-17-9-10-18(13-21)26(17)20(27)29-14-15-5-2-1-3-6-15/h1-8,11,17-18,28H,9-10,12-14H2. The lowest BCUT2D eigenvalue weighted by Gasteiger charge is -2.43. The number of hydrogen-bond donors (Lipinski definition) is 1. The van der Waals surface area contributed by atoms with Gasteiger partial charge < -0.3 is 19.5 Å². The zero-order chi connectivity index (χ0) is 21.4. The average Bonchev–Trinajstić information content (AvgIpc) is 2.98. The first-order chi connectivity index (χ1) is 14.2. The molecule has 1 amide bonds. The Balaban J connectivity index is 1.45. The highest BCUT2D eigenvalue weighted by atomic mass is 19.4. The van der Waals surface area contributed by atoms with Gasteiger partial charge >= 0.3 is 12.5 Å². The minimum Gasteiger partial charge on any atom is -0.445 e. The summed E-state index contributed by atoms with van der Waals surface area (Å²) in [7, 11) is 0. The van der Waals surface area contributed by atoms with Crippen LogP contribution in [0.5, 0.6) is 5.75 Å². The van der Waals surface area contributed by atoms with E-state index in [1.165, 1.54) is 18.2 Å². The van der Waals surface area contributed by atoms with Crippen molar-refractivity contribution in [2.45, 2.75) is 56.3 Å². The minimum atomic E-state index is -4.80. The molecule has 1 N–H and O–H groups in total. The van der Waals surface area contributed by atoms with Crippen molar-refractivity contribution >= 4 is 6.09 Å². The van der Waals surface area contributed by atoms with Crippen LogP contribution >= 0.6 is 0 Å². The summed E-state index contributed by atoms with van der Waals surface area (Å²) in [5.41, 5.74) is -0.0841. The first-order valence-electron chi connectivity index (χ1n) is 9.81. The van der Waals surface area contributed by atoms with E-state index in [0.29, 0.717) is 18.4 Å². The summed E-state index contributed by atoms with van der Waals surface area (Å²) in [6, 6.07) is 14.3. The molecule has 2 fully saturated rings. The minimum absolute atomic E-state index is 0.163. The summed E-state index contributed by atoms with van der Waals surface area (Å²) >= 11 is 0. The first-order valence-corrected chi connectivity index (χ1v) is 9.81. The Labute approximate surface area is 172 Å². The molecule has 160 valence electrons. The van der Waals surface area contributed by atoms with Gasteiger partial charge in [0.1, 0.15) is 12.4 Å². The summed E-state index contributed by atoms with van der Waals surface area (Å²) in [5.74, 6) is -0.370. The lowest BCUT2D eigenvalue weighted by molar-refractivity contribution is -0.274. The van der Waals surface area contributed by atoms with E-state index in [1.807, 2.05) is 30.3 Å². The average molecular weight is 421 g/mol. The van der Waals surface area contributed by atoms with Crippen LogP contribution < -0.4 is 4.74 Å². The first kappa shape index (κ1) is 20.5. The Hall–Kier alpha value is -2.74. The molecule has 2 aromatic rings. The van der Waals surface area contributed by atoms with Crippen molar-refractivity contribution < 1.29 is 32.5 Å². The van der Waals surface area contributed by atoms with E-state index < -0.39 is 18.1 Å². The maximum absolute atomic E-state index is 12.7. The van der Waals surface area contributed by atoms with Gasteiger partial charge in [-0.25, -0.2) is 4.79 Å². The molecule has 0 aliphatic carbocycles. The normalized spacial score (nSPS) is 25.8.